The maximum Gasteiger partial charge on any atom is 0.334 e. The molecule has 0 aromatic rings. The molecule has 0 aliphatic rings. The molecule has 0 unspecified atom stereocenters. The summed E-state index contributed by atoms with van der Waals surface area (Å²) in [7, 11) is 2.72. The Morgan fingerprint density at radius 3 is 1.67 bits per heavy atom. The van der Waals surface area contributed by atoms with Gasteiger partial charge < -0.3 is 9.47 Å². The Balaban J connectivity index is 4.66. The Bertz CT molecular complexity index is 396. The zero-order valence-electron chi connectivity index (χ0n) is 16.3. The third-order valence-corrected chi connectivity index (χ3v) is 4.12. The number of methoxy groups -OCH3 is 2. The van der Waals surface area contributed by atoms with E-state index in [4.69, 9.17) is 9.47 Å². The predicted octanol–water partition coefficient (Wildman–Crippen LogP) is 5.21. The van der Waals surface area contributed by atoms with Crippen LogP contribution in [0.1, 0.15) is 85.0 Å². The van der Waals surface area contributed by atoms with E-state index in [-0.39, 0.29) is 5.92 Å². The van der Waals surface area contributed by atoms with Crippen LogP contribution < -0.4 is 0 Å². The fourth-order valence-corrected chi connectivity index (χ4v) is 2.80. The van der Waals surface area contributed by atoms with Crippen LogP contribution >= 0.6 is 0 Å². The van der Waals surface area contributed by atoms with Crippen molar-refractivity contribution < 1.29 is 19.1 Å². The van der Waals surface area contributed by atoms with Gasteiger partial charge in [0.2, 0.25) is 0 Å². The number of hydrogen-bond donors (Lipinski definition) is 0. The lowest BCUT2D eigenvalue weighted by Gasteiger charge is -2.14. The summed E-state index contributed by atoms with van der Waals surface area (Å²) in [5.74, 6) is -0.542. The van der Waals surface area contributed by atoms with E-state index in [1.165, 1.54) is 52.7 Å². The van der Waals surface area contributed by atoms with Crippen LogP contribution in [0.4, 0.5) is 0 Å². The molecule has 0 saturated heterocycles. The van der Waals surface area contributed by atoms with Crippen LogP contribution in [0.3, 0.4) is 0 Å². The number of carbonyl (C=O) groups excluding carboxylic acids is 2. The second-order valence-corrected chi connectivity index (χ2v) is 6.76. The zero-order chi connectivity index (χ0) is 18.4. The number of carbonyl (C=O) groups is 2. The summed E-state index contributed by atoms with van der Waals surface area (Å²) in [4.78, 5) is 24.2. The second kappa shape index (κ2) is 14.1. The fourth-order valence-electron chi connectivity index (χ4n) is 2.80. The molecule has 4 heteroatoms. The van der Waals surface area contributed by atoms with Crippen molar-refractivity contribution in [3.63, 3.8) is 0 Å². The minimum Gasteiger partial charge on any atom is -0.466 e. The van der Waals surface area contributed by atoms with Crippen molar-refractivity contribution in [1.29, 1.82) is 0 Å². The smallest absolute Gasteiger partial charge is 0.334 e. The van der Waals surface area contributed by atoms with Gasteiger partial charge >= 0.3 is 11.9 Å². The number of ether oxygens (including phenoxy) is 2. The highest BCUT2D eigenvalue weighted by atomic mass is 16.5. The van der Waals surface area contributed by atoms with Crippen molar-refractivity contribution in [1.82, 2.24) is 0 Å². The highest BCUT2D eigenvalue weighted by Gasteiger charge is 2.22. The Morgan fingerprint density at radius 2 is 1.21 bits per heavy atom. The Hall–Kier alpha value is -1.32. The molecule has 0 rings (SSSR count). The molecule has 0 aliphatic carbocycles. The second-order valence-electron chi connectivity index (χ2n) is 6.76. The Kier molecular flexibility index (Phi) is 13.3. The van der Waals surface area contributed by atoms with Gasteiger partial charge in [0.15, 0.2) is 0 Å². The molecule has 0 amide bonds. The summed E-state index contributed by atoms with van der Waals surface area (Å²) >= 11 is 0. The molecule has 0 saturated carbocycles. The quantitative estimate of drug-likeness (QED) is 0.262. The first-order chi connectivity index (χ1) is 11.5. The van der Waals surface area contributed by atoms with Crippen molar-refractivity contribution in [2.45, 2.75) is 85.0 Å². The van der Waals surface area contributed by atoms with Crippen LogP contribution in [0, 0.1) is 5.92 Å². The van der Waals surface area contributed by atoms with Crippen molar-refractivity contribution in [3.05, 3.63) is 11.1 Å². The van der Waals surface area contributed by atoms with Gasteiger partial charge in [-0.15, -0.1) is 0 Å². The summed E-state index contributed by atoms with van der Waals surface area (Å²) < 4.78 is 9.75. The lowest BCUT2D eigenvalue weighted by atomic mass is 9.94. The van der Waals surface area contributed by atoms with Gasteiger partial charge in [0.05, 0.1) is 14.2 Å². The van der Waals surface area contributed by atoms with Crippen LogP contribution in [-0.2, 0) is 19.1 Å². The molecule has 0 fully saturated rings. The first-order valence-corrected chi connectivity index (χ1v) is 9.36. The van der Waals surface area contributed by atoms with Crippen molar-refractivity contribution in [2.24, 2.45) is 5.92 Å². The van der Waals surface area contributed by atoms with Gasteiger partial charge in [-0.3, -0.25) is 0 Å². The minimum absolute atomic E-state index is 0.275. The molecule has 4 nitrogen and oxygen atoms in total. The molecular formula is C20H36O4. The van der Waals surface area contributed by atoms with Gasteiger partial charge in [-0.1, -0.05) is 65.7 Å². The SMILES string of the molecule is CCCCCCCCCCC(C(=O)OC)=C(CC(C)C)C(=O)OC. The van der Waals surface area contributed by atoms with Gasteiger partial charge in [0.1, 0.15) is 0 Å². The molecule has 0 N–H and O–H groups in total. The van der Waals surface area contributed by atoms with Gasteiger partial charge in [0, 0.05) is 11.1 Å². The molecule has 24 heavy (non-hydrogen) atoms. The van der Waals surface area contributed by atoms with Gasteiger partial charge in [-0.05, 0) is 25.2 Å². The first-order valence-electron chi connectivity index (χ1n) is 9.36. The molecule has 0 aromatic heterocycles. The van der Waals surface area contributed by atoms with Crippen LogP contribution in [0.5, 0.6) is 0 Å². The summed E-state index contributed by atoms with van der Waals surface area (Å²) in [5.41, 5.74) is 0.964. The lowest BCUT2D eigenvalue weighted by molar-refractivity contribution is -0.139. The number of hydrogen-bond acceptors (Lipinski definition) is 4. The van der Waals surface area contributed by atoms with Crippen molar-refractivity contribution in [3.8, 4) is 0 Å². The number of esters is 2. The van der Waals surface area contributed by atoms with E-state index in [9.17, 15) is 9.59 Å². The molecule has 0 atom stereocenters. The summed E-state index contributed by atoms with van der Waals surface area (Å²) in [6.45, 7) is 6.26. The Morgan fingerprint density at radius 1 is 0.750 bits per heavy atom. The van der Waals surface area contributed by atoms with Crippen LogP contribution in [0.15, 0.2) is 11.1 Å². The van der Waals surface area contributed by atoms with Crippen molar-refractivity contribution >= 4 is 11.9 Å². The summed E-state index contributed by atoms with van der Waals surface area (Å²) in [5, 5.41) is 0. The third-order valence-electron chi connectivity index (χ3n) is 4.12. The molecular weight excluding hydrogens is 304 g/mol. The molecule has 0 heterocycles. The lowest BCUT2D eigenvalue weighted by Crippen LogP contribution is -2.16. The fraction of sp³-hybridized carbons (Fsp3) is 0.800. The highest BCUT2D eigenvalue weighted by molar-refractivity contribution is 6.00. The average Bonchev–Trinajstić information content (AvgIpc) is 2.57. The largest absolute Gasteiger partial charge is 0.466 e. The first kappa shape index (κ1) is 22.7. The van der Waals surface area contributed by atoms with E-state index in [1.54, 1.807) is 0 Å². The van der Waals surface area contributed by atoms with Crippen LogP contribution in [-0.4, -0.2) is 26.2 Å². The van der Waals surface area contributed by atoms with Crippen molar-refractivity contribution in [2.75, 3.05) is 14.2 Å². The summed E-state index contributed by atoms with van der Waals surface area (Å²) in [6.07, 6.45) is 10.7. The van der Waals surface area contributed by atoms with Crippen LogP contribution in [0.2, 0.25) is 0 Å². The van der Waals surface area contributed by atoms with Gasteiger partial charge in [-0.2, -0.15) is 0 Å². The number of rotatable bonds is 13. The third kappa shape index (κ3) is 9.74. The summed E-state index contributed by atoms with van der Waals surface area (Å²) in [6, 6.07) is 0. The maximum atomic E-state index is 12.1. The minimum atomic E-state index is -0.413. The van der Waals surface area contributed by atoms with E-state index in [0.29, 0.717) is 24.0 Å². The monoisotopic (exact) mass is 340 g/mol. The topological polar surface area (TPSA) is 52.6 Å². The van der Waals surface area contributed by atoms with E-state index < -0.39 is 11.9 Å². The van der Waals surface area contributed by atoms with Gasteiger partial charge in [0.25, 0.3) is 0 Å². The predicted molar refractivity (Wildman–Crippen MR) is 97.7 cm³/mol. The van der Waals surface area contributed by atoms with Gasteiger partial charge in [-0.25, -0.2) is 9.59 Å². The average molecular weight is 341 g/mol. The van der Waals surface area contributed by atoms with Crippen LogP contribution in [0.25, 0.3) is 0 Å². The number of unbranched alkanes of at least 4 members (excludes halogenated alkanes) is 7. The Labute approximate surface area is 148 Å². The zero-order valence-corrected chi connectivity index (χ0v) is 16.3. The van der Waals surface area contributed by atoms with E-state index in [0.717, 1.165) is 12.8 Å². The molecule has 0 bridgehead atoms. The maximum absolute atomic E-state index is 12.1. The van der Waals surface area contributed by atoms with E-state index >= 15 is 0 Å². The molecule has 0 aliphatic heterocycles. The molecule has 140 valence electrons. The van der Waals surface area contributed by atoms with E-state index in [1.807, 2.05) is 13.8 Å². The molecule has 0 radical (unpaired) electrons. The van der Waals surface area contributed by atoms with E-state index in [2.05, 4.69) is 6.92 Å². The standard InChI is InChI=1S/C20H36O4/c1-6-7-8-9-10-11-12-13-14-17(19(21)23-4)18(15-16(2)3)20(22)24-5/h16H,6-15H2,1-5H3. The highest BCUT2D eigenvalue weighted by Crippen LogP contribution is 2.23. The molecule has 0 spiro atoms. The normalized spacial score (nSPS) is 12.1. The molecule has 0 aromatic carbocycles.